The van der Waals surface area contributed by atoms with Crippen LogP contribution in [0.25, 0.3) is 0 Å². The maximum Gasteiger partial charge on any atom is 0.264 e. The van der Waals surface area contributed by atoms with Gasteiger partial charge in [0.15, 0.2) is 0 Å². The van der Waals surface area contributed by atoms with Gasteiger partial charge in [-0.3, -0.25) is 13.9 Å². The molecule has 10 heteroatoms. The summed E-state index contributed by atoms with van der Waals surface area (Å²) in [6.07, 6.45) is 0.896. The predicted octanol–water partition coefficient (Wildman–Crippen LogP) is 7.05. The average molecular weight is 667 g/mol. The Morgan fingerprint density at radius 1 is 0.867 bits per heavy atom. The van der Waals surface area contributed by atoms with Crippen LogP contribution in [0.1, 0.15) is 37.0 Å². The van der Waals surface area contributed by atoms with Gasteiger partial charge in [0.25, 0.3) is 10.0 Å². The van der Waals surface area contributed by atoms with Crippen LogP contribution in [0.4, 0.5) is 5.69 Å². The van der Waals surface area contributed by atoms with E-state index in [4.69, 9.17) is 23.2 Å². The number of benzene rings is 4. The summed E-state index contributed by atoms with van der Waals surface area (Å²) in [5.74, 6) is -0.917. The Labute approximate surface area is 275 Å². The molecule has 2 atom stereocenters. The van der Waals surface area contributed by atoms with Crippen molar-refractivity contribution in [1.82, 2.24) is 10.2 Å². The van der Waals surface area contributed by atoms with E-state index >= 15 is 0 Å². The molecule has 0 spiro atoms. The van der Waals surface area contributed by atoms with Crippen molar-refractivity contribution in [3.63, 3.8) is 0 Å². The number of amides is 2. The molecule has 0 heterocycles. The van der Waals surface area contributed by atoms with Gasteiger partial charge in [0.1, 0.15) is 12.6 Å². The lowest BCUT2D eigenvalue weighted by atomic mass is 10.0. The van der Waals surface area contributed by atoms with Crippen molar-refractivity contribution >= 4 is 50.7 Å². The molecule has 2 amide bonds. The highest BCUT2D eigenvalue weighted by Crippen LogP contribution is 2.27. The molecule has 4 rings (SSSR count). The monoisotopic (exact) mass is 665 g/mol. The van der Waals surface area contributed by atoms with Gasteiger partial charge in [-0.25, -0.2) is 8.42 Å². The number of carbonyl (C=O) groups excluding carboxylic acids is 2. The van der Waals surface area contributed by atoms with Crippen LogP contribution in [-0.4, -0.2) is 43.8 Å². The Morgan fingerprint density at radius 2 is 1.49 bits per heavy atom. The summed E-state index contributed by atoms with van der Waals surface area (Å²) in [6, 6.07) is 28.1. The zero-order valence-corrected chi connectivity index (χ0v) is 27.8. The lowest BCUT2D eigenvalue weighted by molar-refractivity contribution is -0.140. The minimum Gasteiger partial charge on any atom is -0.352 e. The molecule has 1 N–H and O–H groups in total. The summed E-state index contributed by atoms with van der Waals surface area (Å²) in [5, 5.41) is 3.78. The molecule has 0 aliphatic heterocycles. The van der Waals surface area contributed by atoms with Gasteiger partial charge < -0.3 is 10.2 Å². The van der Waals surface area contributed by atoms with Crippen LogP contribution in [0, 0.1) is 6.92 Å². The third-order valence-electron chi connectivity index (χ3n) is 7.56. The highest BCUT2D eigenvalue weighted by atomic mass is 35.5. The third kappa shape index (κ3) is 8.87. The van der Waals surface area contributed by atoms with Gasteiger partial charge in [-0.15, -0.1) is 0 Å². The Morgan fingerprint density at radius 3 is 2.09 bits per heavy atom. The highest BCUT2D eigenvalue weighted by Gasteiger charge is 2.35. The fourth-order valence-electron chi connectivity index (χ4n) is 4.79. The molecule has 0 aliphatic rings. The Balaban J connectivity index is 1.81. The molecule has 0 bridgehead atoms. The van der Waals surface area contributed by atoms with E-state index in [1.165, 1.54) is 17.0 Å². The molecule has 45 heavy (non-hydrogen) atoms. The lowest BCUT2D eigenvalue weighted by Crippen LogP contribution is -2.54. The summed E-state index contributed by atoms with van der Waals surface area (Å²) in [6.45, 7) is 5.12. The maximum atomic E-state index is 14.5. The molecule has 0 saturated heterocycles. The third-order valence-corrected chi connectivity index (χ3v) is 9.93. The first kappa shape index (κ1) is 34.0. The van der Waals surface area contributed by atoms with Crippen molar-refractivity contribution in [3.8, 4) is 0 Å². The average Bonchev–Trinajstić information content (AvgIpc) is 3.03. The minimum atomic E-state index is -4.17. The van der Waals surface area contributed by atoms with Crippen molar-refractivity contribution in [2.75, 3.05) is 10.8 Å². The number of sulfonamides is 1. The molecular formula is C35H37Cl2N3O4S. The Kier molecular flexibility index (Phi) is 11.7. The highest BCUT2D eigenvalue weighted by molar-refractivity contribution is 7.92. The van der Waals surface area contributed by atoms with Crippen LogP contribution in [0.2, 0.25) is 10.0 Å². The fraction of sp³-hybridized carbons (Fsp3) is 0.257. The smallest absolute Gasteiger partial charge is 0.264 e. The second-order valence-electron chi connectivity index (χ2n) is 10.9. The van der Waals surface area contributed by atoms with Gasteiger partial charge in [-0.2, -0.15) is 0 Å². The molecule has 0 aliphatic carbocycles. The van der Waals surface area contributed by atoms with Gasteiger partial charge in [0.05, 0.1) is 10.6 Å². The van der Waals surface area contributed by atoms with Gasteiger partial charge in [-0.05, 0) is 67.8 Å². The zero-order chi connectivity index (χ0) is 32.6. The largest absolute Gasteiger partial charge is 0.352 e. The molecule has 236 valence electrons. The number of hydrogen-bond donors (Lipinski definition) is 1. The summed E-state index contributed by atoms with van der Waals surface area (Å²) in [7, 11) is -4.17. The number of para-hydroxylation sites is 1. The Hall–Kier alpha value is -3.85. The second-order valence-corrected chi connectivity index (χ2v) is 13.6. The first-order valence-corrected chi connectivity index (χ1v) is 16.9. The molecular weight excluding hydrogens is 629 g/mol. The molecule has 0 unspecified atom stereocenters. The molecule has 7 nitrogen and oxygen atoms in total. The number of aryl methyl sites for hydroxylation is 1. The van der Waals surface area contributed by atoms with Crippen LogP contribution < -0.4 is 9.62 Å². The van der Waals surface area contributed by atoms with Crippen molar-refractivity contribution in [1.29, 1.82) is 0 Å². The van der Waals surface area contributed by atoms with Gasteiger partial charge >= 0.3 is 0 Å². The molecule has 0 aromatic heterocycles. The van der Waals surface area contributed by atoms with Crippen molar-refractivity contribution < 1.29 is 18.0 Å². The maximum absolute atomic E-state index is 14.5. The summed E-state index contributed by atoms with van der Waals surface area (Å²) in [5.41, 5.74) is 2.63. The van der Waals surface area contributed by atoms with Crippen LogP contribution in [0.5, 0.6) is 0 Å². The summed E-state index contributed by atoms with van der Waals surface area (Å²) >= 11 is 12.7. The van der Waals surface area contributed by atoms with E-state index in [0.29, 0.717) is 27.7 Å². The Bertz CT molecular complexity index is 1700. The SMILES string of the molecule is CC[C@H](C)NC(=O)[C@@H](Cc1ccccc1)N(Cc1ccc(Cl)cc1Cl)C(=O)CN(c1ccccc1)S(=O)(=O)c1ccc(C)cc1. The van der Waals surface area contributed by atoms with Crippen molar-refractivity contribution in [2.24, 2.45) is 0 Å². The summed E-state index contributed by atoms with van der Waals surface area (Å²) in [4.78, 5) is 29.9. The molecule has 4 aromatic carbocycles. The van der Waals surface area contributed by atoms with E-state index in [0.717, 1.165) is 15.4 Å². The number of anilines is 1. The number of nitrogens with one attached hydrogen (secondary N) is 1. The van der Waals surface area contributed by atoms with Crippen LogP contribution >= 0.6 is 23.2 Å². The number of carbonyl (C=O) groups is 2. The van der Waals surface area contributed by atoms with E-state index in [2.05, 4.69) is 5.32 Å². The van der Waals surface area contributed by atoms with E-state index in [1.54, 1.807) is 60.7 Å². The van der Waals surface area contributed by atoms with Gasteiger partial charge in [0.2, 0.25) is 11.8 Å². The number of halogens is 2. The fourth-order valence-corrected chi connectivity index (χ4v) is 6.67. The standard InChI is InChI=1S/C35H37Cl2N3O4S/c1-4-26(3)38-35(42)33(21-27-11-7-5-8-12-27)39(23-28-17-18-29(36)22-32(28)37)34(41)24-40(30-13-9-6-10-14-30)45(43,44)31-19-15-25(2)16-20-31/h5-20,22,26,33H,4,21,23-24H2,1-3H3,(H,38,42)/t26-,33+/m0/s1. The first-order valence-electron chi connectivity index (χ1n) is 14.7. The summed E-state index contributed by atoms with van der Waals surface area (Å²) < 4.78 is 29.2. The molecule has 0 saturated carbocycles. The number of nitrogens with zero attached hydrogens (tertiary/aromatic N) is 2. The molecule has 4 aromatic rings. The van der Waals surface area contributed by atoms with Crippen molar-refractivity contribution in [2.45, 2.75) is 57.1 Å². The lowest BCUT2D eigenvalue weighted by Gasteiger charge is -2.34. The van der Waals surface area contributed by atoms with Gasteiger partial charge in [0, 0.05) is 29.1 Å². The number of hydrogen-bond acceptors (Lipinski definition) is 4. The molecule has 0 radical (unpaired) electrons. The normalized spacial score (nSPS) is 12.6. The van der Waals surface area contributed by atoms with E-state index < -0.39 is 28.5 Å². The van der Waals surface area contributed by atoms with Crippen LogP contribution in [0.15, 0.2) is 108 Å². The molecule has 0 fully saturated rings. The van der Waals surface area contributed by atoms with Gasteiger partial charge in [-0.1, -0.05) is 102 Å². The van der Waals surface area contributed by atoms with E-state index in [9.17, 15) is 18.0 Å². The zero-order valence-electron chi connectivity index (χ0n) is 25.5. The van der Waals surface area contributed by atoms with E-state index in [-0.39, 0.29) is 29.8 Å². The topological polar surface area (TPSA) is 86.8 Å². The minimum absolute atomic E-state index is 0.0481. The van der Waals surface area contributed by atoms with Crippen LogP contribution in [-0.2, 0) is 32.6 Å². The first-order chi connectivity index (χ1) is 21.5. The number of rotatable bonds is 13. The van der Waals surface area contributed by atoms with Crippen molar-refractivity contribution in [3.05, 3.63) is 130 Å². The van der Waals surface area contributed by atoms with E-state index in [1.807, 2.05) is 51.1 Å². The quantitative estimate of drug-likeness (QED) is 0.166. The second kappa shape index (κ2) is 15.4. The predicted molar refractivity (Wildman–Crippen MR) is 181 cm³/mol. The van der Waals surface area contributed by atoms with Crippen LogP contribution in [0.3, 0.4) is 0 Å².